The smallest absolute Gasteiger partial charge is 0.326 e. The number of carboxylic acid groups (broad SMARTS) is 1. The van der Waals surface area contributed by atoms with Crippen molar-refractivity contribution in [2.45, 2.75) is 39.8 Å². The lowest BCUT2D eigenvalue weighted by Gasteiger charge is -2.19. The Labute approximate surface area is 116 Å². The fourth-order valence-corrected chi connectivity index (χ4v) is 2.30. The average Bonchev–Trinajstić information content (AvgIpc) is 2.72. The van der Waals surface area contributed by atoms with Crippen molar-refractivity contribution in [3.05, 3.63) is 16.1 Å². The van der Waals surface area contributed by atoms with Gasteiger partial charge in [-0.05, 0) is 19.8 Å². The van der Waals surface area contributed by atoms with Crippen molar-refractivity contribution in [3.63, 3.8) is 0 Å². The summed E-state index contributed by atoms with van der Waals surface area (Å²) in [6.45, 7) is 7.23. The van der Waals surface area contributed by atoms with E-state index in [-0.39, 0.29) is 12.0 Å². The Hall–Kier alpha value is -1.63. The van der Waals surface area contributed by atoms with Gasteiger partial charge in [-0.3, -0.25) is 0 Å². The standard InChI is InChI=1S/C12H19N3O3S/c1-6(2)9(11(16)17)15-12(18)14-8(4)10-13-5-7(3)19-10/h5-6,8-9H,1-4H3,(H,16,17)(H2,14,15,18)/t8?,9-/m0/s1. The fraction of sp³-hybridized carbons (Fsp3) is 0.583. The van der Waals surface area contributed by atoms with Gasteiger partial charge in [0.15, 0.2) is 0 Å². The van der Waals surface area contributed by atoms with Gasteiger partial charge in [-0.2, -0.15) is 0 Å². The lowest BCUT2D eigenvalue weighted by Crippen LogP contribution is -2.49. The molecule has 106 valence electrons. The minimum Gasteiger partial charge on any atom is -0.480 e. The monoisotopic (exact) mass is 285 g/mol. The van der Waals surface area contributed by atoms with Crippen molar-refractivity contribution >= 4 is 23.3 Å². The maximum atomic E-state index is 11.7. The topological polar surface area (TPSA) is 91.3 Å². The van der Waals surface area contributed by atoms with Crippen LogP contribution in [-0.4, -0.2) is 28.1 Å². The van der Waals surface area contributed by atoms with Crippen molar-refractivity contribution in [1.29, 1.82) is 0 Å². The van der Waals surface area contributed by atoms with E-state index in [0.29, 0.717) is 0 Å². The highest BCUT2D eigenvalue weighted by molar-refractivity contribution is 7.11. The first-order valence-corrected chi connectivity index (χ1v) is 6.85. The summed E-state index contributed by atoms with van der Waals surface area (Å²) < 4.78 is 0. The predicted molar refractivity (Wildman–Crippen MR) is 73.2 cm³/mol. The van der Waals surface area contributed by atoms with Crippen molar-refractivity contribution in [2.24, 2.45) is 5.92 Å². The fourth-order valence-electron chi connectivity index (χ4n) is 1.53. The van der Waals surface area contributed by atoms with Crippen LogP contribution in [0.5, 0.6) is 0 Å². The molecule has 1 rings (SSSR count). The van der Waals surface area contributed by atoms with Crippen LogP contribution in [0, 0.1) is 12.8 Å². The first-order chi connectivity index (χ1) is 8.81. The van der Waals surface area contributed by atoms with E-state index < -0.39 is 18.0 Å². The molecular formula is C12H19N3O3S. The maximum absolute atomic E-state index is 11.7. The van der Waals surface area contributed by atoms with Crippen LogP contribution >= 0.6 is 11.3 Å². The van der Waals surface area contributed by atoms with Crippen molar-refractivity contribution in [1.82, 2.24) is 15.6 Å². The molecule has 1 aromatic heterocycles. The number of nitrogens with zero attached hydrogens (tertiary/aromatic N) is 1. The van der Waals surface area contributed by atoms with Gasteiger partial charge in [0.25, 0.3) is 0 Å². The molecule has 0 bridgehead atoms. The average molecular weight is 285 g/mol. The molecule has 0 saturated carbocycles. The number of aryl methyl sites for hydroxylation is 1. The molecule has 0 aliphatic rings. The molecule has 0 fully saturated rings. The third-order valence-corrected chi connectivity index (χ3v) is 3.67. The molecule has 0 radical (unpaired) electrons. The largest absolute Gasteiger partial charge is 0.480 e. The number of nitrogens with one attached hydrogen (secondary N) is 2. The van der Waals surface area contributed by atoms with E-state index in [2.05, 4.69) is 15.6 Å². The zero-order valence-electron chi connectivity index (χ0n) is 11.4. The van der Waals surface area contributed by atoms with Gasteiger partial charge in [0.2, 0.25) is 0 Å². The first kappa shape index (κ1) is 15.4. The number of rotatable bonds is 5. The van der Waals surface area contributed by atoms with Crippen LogP contribution in [0.25, 0.3) is 0 Å². The number of thiazole rings is 1. The summed E-state index contributed by atoms with van der Waals surface area (Å²) in [6, 6.07) is -1.65. The Kier molecular flexibility index (Phi) is 5.29. The third kappa shape index (κ3) is 4.51. The van der Waals surface area contributed by atoms with Gasteiger partial charge in [0.1, 0.15) is 11.0 Å². The molecule has 0 aromatic carbocycles. The molecule has 3 N–H and O–H groups in total. The van der Waals surface area contributed by atoms with Gasteiger partial charge in [0, 0.05) is 11.1 Å². The van der Waals surface area contributed by atoms with Crippen LogP contribution in [0.2, 0.25) is 0 Å². The normalized spacial score (nSPS) is 13.9. The molecule has 6 nitrogen and oxygen atoms in total. The van der Waals surface area contributed by atoms with Crippen LogP contribution < -0.4 is 10.6 Å². The second-order valence-electron chi connectivity index (χ2n) is 4.71. The van der Waals surface area contributed by atoms with Gasteiger partial charge in [-0.25, -0.2) is 14.6 Å². The van der Waals surface area contributed by atoms with E-state index >= 15 is 0 Å². The maximum Gasteiger partial charge on any atom is 0.326 e. The number of aliphatic carboxylic acids is 1. The van der Waals surface area contributed by atoms with Crippen molar-refractivity contribution < 1.29 is 14.7 Å². The number of carboxylic acids is 1. The quantitative estimate of drug-likeness (QED) is 0.770. The molecule has 2 atom stereocenters. The van der Waals surface area contributed by atoms with Gasteiger partial charge in [0.05, 0.1) is 6.04 Å². The summed E-state index contributed by atoms with van der Waals surface area (Å²) in [5.41, 5.74) is 0. The Morgan fingerprint density at radius 3 is 2.37 bits per heavy atom. The van der Waals surface area contributed by atoms with E-state index in [9.17, 15) is 9.59 Å². The third-order valence-electron chi connectivity index (χ3n) is 2.58. The molecule has 1 unspecified atom stereocenters. The molecule has 1 aromatic rings. The van der Waals surface area contributed by atoms with E-state index in [1.807, 2.05) is 13.8 Å². The molecule has 0 saturated heterocycles. The summed E-state index contributed by atoms with van der Waals surface area (Å²) in [7, 11) is 0. The van der Waals surface area contributed by atoms with Gasteiger partial charge in [-0.15, -0.1) is 11.3 Å². The second-order valence-corrected chi connectivity index (χ2v) is 5.97. The number of hydrogen-bond donors (Lipinski definition) is 3. The van der Waals surface area contributed by atoms with Crippen molar-refractivity contribution in [3.8, 4) is 0 Å². The van der Waals surface area contributed by atoms with Crippen molar-refractivity contribution in [2.75, 3.05) is 0 Å². The van der Waals surface area contributed by atoms with Crippen LogP contribution in [0.4, 0.5) is 4.79 Å². The minimum absolute atomic E-state index is 0.180. The summed E-state index contributed by atoms with van der Waals surface area (Å²) in [5, 5.41) is 14.9. The number of aromatic nitrogens is 1. The number of hydrogen-bond acceptors (Lipinski definition) is 4. The highest BCUT2D eigenvalue weighted by Gasteiger charge is 2.24. The first-order valence-electron chi connectivity index (χ1n) is 6.03. The number of carbonyl (C=O) groups excluding carboxylic acids is 1. The Bertz CT molecular complexity index is 459. The Morgan fingerprint density at radius 2 is 1.95 bits per heavy atom. The molecule has 0 aliphatic carbocycles. The Balaban J connectivity index is 2.57. The number of carbonyl (C=O) groups is 2. The molecule has 2 amide bonds. The summed E-state index contributed by atoms with van der Waals surface area (Å²) in [5.74, 6) is -1.22. The minimum atomic E-state index is -1.04. The zero-order chi connectivity index (χ0) is 14.6. The highest BCUT2D eigenvalue weighted by Crippen LogP contribution is 2.18. The summed E-state index contributed by atoms with van der Waals surface area (Å²) >= 11 is 1.50. The SMILES string of the molecule is Cc1cnc(C(C)NC(=O)N[C@H](C(=O)O)C(C)C)s1. The zero-order valence-corrected chi connectivity index (χ0v) is 12.2. The van der Waals surface area contributed by atoms with E-state index in [1.54, 1.807) is 20.0 Å². The number of amides is 2. The van der Waals surface area contributed by atoms with E-state index in [1.165, 1.54) is 11.3 Å². The van der Waals surface area contributed by atoms with Crippen LogP contribution in [0.15, 0.2) is 6.20 Å². The van der Waals surface area contributed by atoms with Gasteiger partial charge < -0.3 is 15.7 Å². The molecule has 0 spiro atoms. The lowest BCUT2D eigenvalue weighted by molar-refractivity contribution is -0.140. The highest BCUT2D eigenvalue weighted by atomic mass is 32.1. The predicted octanol–water partition coefficient (Wildman–Crippen LogP) is 1.92. The van der Waals surface area contributed by atoms with E-state index in [0.717, 1.165) is 9.88 Å². The molecule has 0 aliphatic heterocycles. The lowest BCUT2D eigenvalue weighted by atomic mass is 10.1. The van der Waals surface area contributed by atoms with Crippen LogP contribution in [-0.2, 0) is 4.79 Å². The summed E-state index contributed by atoms with van der Waals surface area (Å²) in [4.78, 5) is 28.0. The van der Waals surface area contributed by atoms with Gasteiger partial charge in [-0.1, -0.05) is 13.8 Å². The second kappa shape index (κ2) is 6.51. The van der Waals surface area contributed by atoms with E-state index in [4.69, 9.17) is 5.11 Å². The van der Waals surface area contributed by atoms with Gasteiger partial charge >= 0.3 is 12.0 Å². The summed E-state index contributed by atoms with van der Waals surface area (Å²) in [6.07, 6.45) is 1.74. The molecule has 19 heavy (non-hydrogen) atoms. The molecule has 1 heterocycles. The molecular weight excluding hydrogens is 266 g/mol. The Morgan fingerprint density at radius 1 is 1.32 bits per heavy atom. The molecule has 7 heteroatoms. The van der Waals surface area contributed by atoms with Crippen LogP contribution in [0.1, 0.15) is 36.7 Å². The number of urea groups is 1. The van der Waals surface area contributed by atoms with Crippen LogP contribution in [0.3, 0.4) is 0 Å².